The van der Waals surface area contributed by atoms with Gasteiger partial charge in [-0.1, -0.05) is 40.2 Å². The van der Waals surface area contributed by atoms with Crippen molar-refractivity contribution in [2.24, 2.45) is 0 Å². The Balaban J connectivity index is 1.73. The predicted molar refractivity (Wildman–Crippen MR) is 103 cm³/mol. The molecule has 0 bridgehead atoms. The van der Waals surface area contributed by atoms with Crippen molar-refractivity contribution in [3.63, 3.8) is 0 Å². The van der Waals surface area contributed by atoms with Crippen LogP contribution in [0.15, 0.2) is 53.0 Å². The average Bonchev–Trinajstić information content (AvgIpc) is 2.88. The summed E-state index contributed by atoms with van der Waals surface area (Å²) >= 11 is 5.01. The quantitative estimate of drug-likeness (QED) is 0.639. The van der Waals surface area contributed by atoms with Gasteiger partial charge >= 0.3 is 0 Å². The molecule has 0 saturated carbocycles. The molecule has 0 aliphatic carbocycles. The van der Waals surface area contributed by atoms with Gasteiger partial charge in [0.1, 0.15) is 5.01 Å². The van der Waals surface area contributed by atoms with Crippen LogP contribution in [0, 0.1) is 13.8 Å². The zero-order valence-electron chi connectivity index (χ0n) is 13.5. The summed E-state index contributed by atoms with van der Waals surface area (Å²) in [6, 6.07) is 15.8. The molecule has 0 radical (unpaired) electrons. The lowest BCUT2D eigenvalue weighted by atomic mass is 10.1. The first kappa shape index (κ1) is 16.9. The monoisotopic (exact) mass is 400 g/mol. The van der Waals surface area contributed by atoms with Gasteiger partial charge in [0.15, 0.2) is 0 Å². The average molecular weight is 401 g/mol. The van der Waals surface area contributed by atoms with E-state index in [4.69, 9.17) is 0 Å². The topological polar surface area (TPSA) is 42.0 Å². The third kappa shape index (κ3) is 4.10. The molecule has 0 aliphatic rings. The summed E-state index contributed by atoms with van der Waals surface area (Å²) < 4.78 is 1.04. The minimum atomic E-state index is -0.0447. The Kier molecular flexibility index (Phi) is 5.11. The highest BCUT2D eigenvalue weighted by Gasteiger charge is 2.13. The highest BCUT2D eigenvalue weighted by atomic mass is 79.9. The third-order valence-electron chi connectivity index (χ3n) is 3.57. The number of anilines is 1. The molecule has 0 atom stereocenters. The van der Waals surface area contributed by atoms with Crippen molar-refractivity contribution in [1.29, 1.82) is 0 Å². The van der Waals surface area contributed by atoms with Crippen molar-refractivity contribution in [2.45, 2.75) is 20.3 Å². The number of nitrogens with one attached hydrogen (secondary N) is 1. The Morgan fingerprint density at radius 2 is 1.92 bits per heavy atom. The first-order chi connectivity index (χ1) is 11.5. The Morgan fingerprint density at radius 3 is 2.62 bits per heavy atom. The molecule has 2 aromatic carbocycles. The highest BCUT2D eigenvalue weighted by Crippen LogP contribution is 2.28. The van der Waals surface area contributed by atoms with E-state index in [2.05, 4.69) is 26.2 Å². The third-order valence-corrected chi connectivity index (χ3v) is 5.07. The van der Waals surface area contributed by atoms with Crippen molar-refractivity contribution < 1.29 is 4.79 Å². The van der Waals surface area contributed by atoms with Gasteiger partial charge in [0.25, 0.3) is 0 Å². The van der Waals surface area contributed by atoms with Crippen molar-refractivity contribution in [3.05, 3.63) is 68.5 Å². The van der Waals surface area contributed by atoms with Gasteiger partial charge in [-0.2, -0.15) is 0 Å². The number of benzene rings is 2. The second-order valence-electron chi connectivity index (χ2n) is 5.61. The van der Waals surface area contributed by atoms with E-state index < -0.39 is 0 Å². The maximum absolute atomic E-state index is 12.2. The molecule has 0 saturated heterocycles. The fourth-order valence-corrected chi connectivity index (χ4v) is 3.69. The van der Waals surface area contributed by atoms with Gasteiger partial charge in [-0.05, 0) is 43.7 Å². The number of thiazole rings is 1. The van der Waals surface area contributed by atoms with Crippen LogP contribution in [0.1, 0.15) is 15.4 Å². The Morgan fingerprint density at radius 1 is 1.17 bits per heavy atom. The number of aromatic nitrogens is 1. The molecule has 3 rings (SSSR count). The molecule has 24 heavy (non-hydrogen) atoms. The van der Waals surface area contributed by atoms with E-state index >= 15 is 0 Å². The van der Waals surface area contributed by atoms with Crippen LogP contribution in [0.4, 0.5) is 5.69 Å². The largest absolute Gasteiger partial charge is 0.326 e. The van der Waals surface area contributed by atoms with Crippen LogP contribution >= 0.6 is 27.3 Å². The van der Waals surface area contributed by atoms with E-state index in [1.165, 1.54) is 0 Å². The molecule has 1 heterocycles. The van der Waals surface area contributed by atoms with Crippen LogP contribution in [0.5, 0.6) is 0 Å². The second kappa shape index (κ2) is 7.28. The molecule has 1 N–H and O–H groups in total. The van der Waals surface area contributed by atoms with Gasteiger partial charge in [-0.25, -0.2) is 4.98 Å². The summed E-state index contributed by atoms with van der Waals surface area (Å²) in [5, 5.41) is 3.76. The molecule has 1 aromatic heterocycles. The van der Waals surface area contributed by atoms with Crippen molar-refractivity contribution in [3.8, 4) is 11.3 Å². The number of hydrogen-bond acceptors (Lipinski definition) is 3. The number of nitrogens with zero attached hydrogens (tertiary/aromatic N) is 1. The SMILES string of the molecule is Cc1cccc(NC(=O)Cc2nc(-c3ccc(Br)cc3)c(C)s2)c1. The number of aryl methyl sites for hydroxylation is 2. The van der Waals surface area contributed by atoms with Crippen LogP contribution in [0.3, 0.4) is 0 Å². The molecule has 5 heteroatoms. The number of halogens is 1. The number of amides is 1. The summed E-state index contributed by atoms with van der Waals surface area (Å²) in [5.41, 5.74) is 3.96. The molecule has 3 aromatic rings. The molecular weight excluding hydrogens is 384 g/mol. The van der Waals surface area contributed by atoms with E-state index in [0.717, 1.165) is 36.9 Å². The predicted octanol–water partition coefficient (Wildman–Crippen LogP) is 5.37. The summed E-state index contributed by atoms with van der Waals surface area (Å²) in [6.07, 6.45) is 0.288. The maximum atomic E-state index is 12.2. The smallest absolute Gasteiger partial charge is 0.231 e. The molecule has 0 fully saturated rings. The fourth-order valence-electron chi connectivity index (χ4n) is 2.47. The van der Waals surface area contributed by atoms with Gasteiger partial charge in [-0.15, -0.1) is 11.3 Å². The number of hydrogen-bond donors (Lipinski definition) is 1. The minimum absolute atomic E-state index is 0.0447. The summed E-state index contributed by atoms with van der Waals surface area (Å²) in [6.45, 7) is 4.04. The lowest BCUT2D eigenvalue weighted by molar-refractivity contribution is -0.115. The highest BCUT2D eigenvalue weighted by molar-refractivity contribution is 9.10. The van der Waals surface area contributed by atoms with E-state index in [0.29, 0.717) is 0 Å². The van der Waals surface area contributed by atoms with E-state index in [9.17, 15) is 4.79 Å². The van der Waals surface area contributed by atoms with Crippen LogP contribution in [0.25, 0.3) is 11.3 Å². The molecule has 122 valence electrons. The maximum Gasteiger partial charge on any atom is 0.231 e. The first-order valence-electron chi connectivity index (χ1n) is 7.60. The molecular formula is C19H17BrN2OS. The zero-order chi connectivity index (χ0) is 17.1. The molecule has 0 spiro atoms. The van der Waals surface area contributed by atoms with Gasteiger partial charge < -0.3 is 5.32 Å². The van der Waals surface area contributed by atoms with E-state index in [-0.39, 0.29) is 12.3 Å². The summed E-state index contributed by atoms with van der Waals surface area (Å²) in [7, 11) is 0. The number of rotatable bonds is 4. The van der Waals surface area contributed by atoms with Crippen molar-refractivity contribution in [2.75, 3.05) is 5.32 Å². The second-order valence-corrected chi connectivity index (χ2v) is 7.82. The van der Waals surface area contributed by atoms with E-state index in [1.807, 2.05) is 62.4 Å². The number of carbonyl (C=O) groups is 1. The lowest BCUT2D eigenvalue weighted by Crippen LogP contribution is -2.14. The Bertz CT molecular complexity index is 871. The lowest BCUT2D eigenvalue weighted by Gasteiger charge is -2.04. The fraction of sp³-hybridized carbons (Fsp3) is 0.158. The Labute approximate surface area is 153 Å². The first-order valence-corrected chi connectivity index (χ1v) is 9.21. The van der Waals surface area contributed by atoms with Crippen LogP contribution in [-0.4, -0.2) is 10.9 Å². The molecule has 0 aliphatic heterocycles. The normalized spacial score (nSPS) is 10.6. The zero-order valence-corrected chi connectivity index (χ0v) is 15.9. The van der Waals surface area contributed by atoms with Gasteiger partial charge in [-0.3, -0.25) is 4.79 Å². The molecule has 1 amide bonds. The number of carbonyl (C=O) groups excluding carboxylic acids is 1. The molecule has 0 unspecified atom stereocenters. The summed E-state index contributed by atoms with van der Waals surface area (Å²) in [4.78, 5) is 18.0. The van der Waals surface area contributed by atoms with Crippen LogP contribution in [-0.2, 0) is 11.2 Å². The van der Waals surface area contributed by atoms with Crippen LogP contribution in [0.2, 0.25) is 0 Å². The van der Waals surface area contributed by atoms with Gasteiger partial charge in [0.2, 0.25) is 5.91 Å². The van der Waals surface area contributed by atoms with Crippen LogP contribution < -0.4 is 5.32 Å². The standard InChI is InChI=1S/C19H17BrN2OS/c1-12-4-3-5-16(10-12)21-17(23)11-18-22-19(13(2)24-18)14-6-8-15(20)9-7-14/h3-10H,11H2,1-2H3,(H,21,23). The van der Waals surface area contributed by atoms with Crippen molar-refractivity contribution >= 4 is 38.9 Å². The molecule has 3 nitrogen and oxygen atoms in total. The minimum Gasteiger partial charge on any atom is -0.326 e. The Hall–Kier alpha value is -1.98. The van der Waals surface area contributed by atoms with E-state index in [1.54, 1.807) is 11.3 Å². The van der Waals surface area contributed by atoms with Crippen molar-refractivity contribution in [1.82, 2.24) is 4.98 Å². The van der Waals surface area contributed by atoms with Gasteiger partial charge in [0.05, 0.1) is 12.1 Å². The summed E-state index contributed by atoms with van der Waals surface area (Å²) in [5.74, 6) is -0.0447. The van der Waals surface area contributed by atoms with Gasteiger partial charge in [0, 0.05) is 20.6 Å².